The van der Waals surface area contributed by atoms with E-state index in [4.69, 9.17) is 10.9 Å². The van der Waals surface area contributed by atoms with Crippen molar-refractivity contribution in [3.63, 3.8) is 0 Å². The summed E-state index contributed by atoms with van der Waals surface area (Å²) in [6, 6.07) is 3.60. The predicted octanol–water partition coefficient (Wildman–Crippen LogP) is 0.776. The molecule has 1 fully saturated rings. The Balaban J connectivity index is 2.37. The second-order valence-electron chi connectivity index (χ2n) is 3.55. The van der Waals surface area contributed by atoms with Crippen molar-refractivity contribution in [3.8, 4) is 0 Å². The number of aromatic nitrogens is 1. The Morgan fingerprint density at radius 1 is 1.47 bits per heavy atom. The molecule has 5 nitrogen and oxygen atoms in total. The molecular formula is C10H14N4O. The summed E-state index contributed by atoms with van der Waals surface area (Å²) < 4.78 is 0. The molecule has 15 heavy (non-hydrogen) atoms. The molecule has 0 aromatic carbocycles. The van der Waals surface area contributed by atoms with Crippen LogP contribution in [0.1, 0.15) is 18.4 Å². The molecule has 0 saturated carbocycles. The van der Waals surface area contributed by atoms with Crippen LogP contribution in [0.25, 0.3) is 0 Å². The third-order valence-corrected chi connectivity index (χ3v) is 2.58. The zero-order chi connectivity index (χ0) is 10.7. The van der Waals surface area contributed by atoms with Gasteiger partial charge in [0.05, 0.1) is 5.56 Å². The summed E-state index contributed by atoms with van der Waals surface area (Å²) in [4.78, 5) is 6.44. The van der Waals surface area contributed by atoms with Gasteiger partial charge in [-0.15, -0.1) is 0 Å². The predicted molar refractivity (Wildman–Crippen MR) is 58.2 cm³/mol. The van der Waals surface area contributed by atoms with E-state index in [0.717, 1.165) is 18.9 Å². The highest BCUT2D eigenvalue weighted by Gasteiger charge is 2.18. The number of nitrogens with two attached hydrogens (primary N) is 1. The second-order valence-corrected chi connectivity index (χ2v) is 3.55. The quantitative estimate of drug-likeness (QED) is 0.324. The third kappa shape index (κ3) is 1.86. The van der Waals surface area contributed by atoms with Crippen molar-refractivity contribution in [2.24, 2.45) is 10.9 Å². The smallest absolute Gasteiger partial charge is 0.173 e. The van der Waals surface area contributed by atoms with Gasteiger partial charge in [0.1, 0.15) is 5.82 Å². The Bertz CT molecular complexity index is 371. The van der Waals surface area contributed by atoms with Crippen LogP contribution in [0.15, 0.2) is 23.5 Å². The molecule has 1 aromatic rings. The van der Waals surface area contributed by atoms with Gasteiger partial charge in [-0.3, -0.25) is 0 Å². The molecule has 1 aliphatic rings. The van der Waals surface area contributed by atoms with Gasteiger partial charge in [-0.05, 0) is 25.0 Å². The van der Waals surface area contributed by atoms with E-state index in [2.05, 4.69) is 15.0 Å². The highest BCUT2D eigenvalue weighted by molar-refractivity contribution is 6.01. The maximum Gasteiger partial charge on any atom is 0.173 e. The lowest BCUT2D eigenvalue weighted by Crippen LogP contribution is -2.24. The van der Waals surface area contributed by atoms with Crippen molar-refractivity contribution in [2.75, 3.05) is 18.0 Å². The first-order valence-electron chi connectivity index (χ1n) is 5.01. The fraction of sp³-hybridized carbons (Fsp3) is 0.400. The van der Waals surface area contributed by atoms with Gasteiger partial charge in [-0.25, -0.2) is 4.98 Å². The lowest BCUT2D eigenvalue weighted by Gasteiger charge is -2.18. The van der Waals surface area contributed by atoms with Crippen molar-refractivity contribution in [3.05, 3.63) is 23.9 Å². The number of hydrogen-bond donors (Lipinski definition) is 2. The minimum atomic E-state index is 0.116. The number of oxime groups is 1. The Morgan fingerprint density at radius 2 is 2.20 bits per heavy atom. The summed E-state index contributed by atoms with van der Waals surface area (Å²) in [7, 11) is 0. The van der Waals surface area contributed by atoms with Gasteiger partial charge in [0.25, 0.3) is 0 Å². The number of anilines is 1. The standard InChI is InChI=1S/C10H14N4O/c11-9(13-15)8-4-3-5-12-10(8)14-6-1-2-7-14/h3-5,15H,1-2,6-7H2,(H2,11,13). The fourth-order valence-corrected chi connectivity index (χ4v) is 1.83. The average Bonchev–Trinajstić information content (AvgIpc) is 2.81. The van der Waals surface area contributed by atoms with Crippen molar-refractivity contribution in [1.29, 1.82) is 0 Å². The van der Waals surface area contributed by atoms with Crippen LogP contribution in [-0.2, 0) is 0 Å². The molecule has 5 heteroatoms. The van der Waals surface area contributed by atoms with Crippen LogP contribution in [-0.4, -0.2) is 29.1 Å². The Kier molecular flexibility index (Phi) is 2.71. The van der Waals surface area contributed by atoms with Crippen LogP contribution in [0, 0.1) is 0 Å². The van der Waals surface area contributed by atoms with E-state index < -0.39 is 0 Å². The number of pyridine rings is 1. The van der Waals surface area contributed by atoms with Gasteiger partial charge in [-0.1, -0.05) is 5.16 Å². The van der Waals surface area contributed by atoms with Gasteiger partial charge >= 0.3 is 0 Å². The highest BCUT2D eigenvalue weighted by atomic mass is 16.4. The van der Waals surface area contributed by atoms with Gasteiger partial charge in [-0.2, -0.15) is 0 Å². The summed E-state index contributed by atoms with van der Waals surface area (Å²) in [6.45, 7) is 1.98. The first-order chi connectivity index (χ1) is 7.33. The second kappa shape index (κ2) is 4.16. The van der Waals surface area contributed by atoms with Crippen molar-refractivity contribution in [1.82, 2.24) is 4.98 Å². The monoisotopic (exact) mass is 206 g/mol. The van der Waals surface area contributed by atoms with Crippen LogP contribution in [0.5, 0.6) is 0 Å². The molecule has 1 aromatic heterocycles. The molecule has 0 aliphatic carbocycles. The van der Waals surface area contributed by atoms with Crippen molar-refractivity contribution >= 4 is 11.7 Å². The highest BCUT2D eigenvalue weighted by Crippen LogP contribution is 2.21. The van der Waals surface area contributed by atoms with Crippen LogP contribution >= 0.6 is 0 Å². The first kappa shape index (κ1) is 9.76. The summed E-state index contributed by atoms with van der Waals surface area (Å²) in [6.07, 6.45) is 4.07. The first-order valence-corrected chi connectivity index (χ1v) is 5.01. The molecular weight excluding hydrogens is 192 g/mol. The zero-order valence-corrected chi connectivity index (χ0v) is 8.43. The number of rotatable bonds is 2. The molecule has 1 aliphatic heterocycles. The summed E-state index contributed by atoms with van der Waals surface area (Å²) >= 11 is 0. The van der Waals surface area contributed by atoms with E-state index in [1.807, 2.05) is 6.07 Å². The van der Waals surface area contributed by atoms with E-state index in [9.17, 15) is 0 Å². The van der Waals surface area contributed by atoms with Crippen LogP contribution in [0.2, 0.25) is 0 Å². The van der Waals surface area contributed by atoms with E-state index in [0.29, 0.717) is 5.56 Å². The number of hydrogen-bond acceptors (Lipinski definition) is 4. The lowest BCUT2D eigenvalue weighted by molar-refractivity contribution is 0.318. The molecule has 0 spiro atoms. The molecule has 0 atom stereocenters. The van der Waals surface area contributed by atoms with Crippen LogP contribution in [0.3, 0.4) is 0 Å². The Labute approximate surface area is 88.2 Å². The lowest BCUT2D eigenvalue weighted by atomic mass is 10.2. The topological polar surface area (TPSA) is 74.7 Å². The maximum atomic E-state index is 8.67. The molecule has 3 N–H and O–H groups in total. The van der Waals surface area contributed by atoms with Crippen molar-refractivity contribution in [2.45, 2.75) is 12.8 Å². The molecule has 1 saturated heterocycles. The Hall–Kier alpha value is -1.78. The molecule has 0 bridgehead atoms. The number of nitrogens with zero attached hydrogens (tertiary/aromatic N) is 3. The van der Waals surface area contributed by atoms with Crippen molar-refractivity contribution < 1.29 is 5.21 Å². The SMILES string of the molecule is N/C(=N\O)c1cccnc1N1CCCC1. The average molecular weight is 206 g/mol. The fourth-order valence-electron chi connectivity index (χ4n) is 1.83. The van der Waals surface area contributed by atoms with E-state index in [1.165, 1.54) is 12.8 Å². The molecule has 2 rings (SSSR count). The van der Waals surface area contributed by atoms with E-state index in [-0.39, 0.29) is 5.84 Å². The number of amidine groups is 1. The molecule has 2 heterocycles. The molecule has 0 radical (unpaired) electrons. The van der Waals surface area contributed by atoms with Gasteiger partial charge in [0, 0.05) is 19.3 Å². The summed E-state index contributed by atoms with van der Waals surface area (Å²) in [5, 5.41) is 11.7. The minimum Gasteiger partial charge on any atom is -0.409 e. The largest absolute Gasteiger partial charge is 0.409 e. The summed E-state index contributed by atoms with van der Waals surface area (Å²) in [5.41, 5.74) is 6.29. The third-order valence-electron chi connectivity index (χ3n) is 2.58. The summed E-state index contributed by atoms with van der Waals surface area (Å²) in [5.74, 6) is 0.926. The van der Waals surface area contributed by atoms with Gasteiger partial charge in [0.15, 0.2) is 5.84 Å². The normalized spacial score (nSPS) is 17.1. The minimum absolute atomic E-state index is 0.116. The molecule has 0 amide bonds. The van der Waals surface area contributed by atoms with E-state index in [1.54, 1.807) is 12.3 Å². The van der Waals surface area contributed by atoms with Gasteiger partial charge in [0.2, 0.25) is 0 Å². The maximum absolute atomic E-state index is 8.67. The molecule has 0 unspecified atom stereocenters. The molecule has 80 valence electrons. The van der Waals surface area contributed by atoms with Crippen LogP contribution in [0.4, 0.5) is 5.82 Å². The van der Waals surface area contributed by atoms with Gasteiger partial charge < -0.3 is 15.8 Å². The zero-order valence-electron chi connectivity index (χ0n) is 8.43. The van der Waals surface area contributed by atoms with Crippen LogP contribution < -0.4 is 10.6 Å². The Morgan fingerprint density at radius 3 is 2.87 bits per heavy atom. The van der Waals surface area contributed by atoms with E-state index >= 15 is 0 Å².